The Labute approximate surface area is 96.3 Å². The van der Waals surface area contributed by atoms with E-state index in [1.807, 2.05) is 24.3 Å². The predicted octanol–water partition coefficient (Wildman–Crippen LogP) is 1.58. The number of carbonyl (C=O) groups excluding carboxylic acids is 1. The van der Waals surface area contributed by atoms with E-state index in [9.17, 15) is 4.79 Å². The van der Waals surface area contributed by atoms with Crippen molar-refractivity contribution in [3.05, 3.63) is 36.8 Å². The largest absolute Gasteiger partial charge is 0.349 e. The van der Waals surface area contributed by atoms with Crippen LogP contribution >= 0.6 is 0 Å². The van der Waals surface area contributed by atoms with E-state index in [1.165, 1.54) is 11.2 Å². The molecule has 0 aliphatic heterocycles. The molecule has 0 unspecified atom stereocenters. The zero-order valence-corrected chi connectivity index (χ0v) is 8.79. The Morgan fingerprint density at radius 2 is 2.18 bits per heavy atom. The molecule has 1 amide bonds. The van der Waals surface area contributed by atoms with Gasteiger partial charge >= 0.3 is 0 Å². The molecule has 1 aromatic carbocycles. The highest BCUT2D eigenvalue weighted by atomic mass is 16.1. The number of rotatable bonds is 3. The topological polar surface area (TPSA) is 77.7 Å². The van der Waals surface area contributed by atoms with Crippen LogP contribution < -0.4 is 4.90 Å². The molecule has 6 nitrogen and oxygen atoms in total. The number of hydrogen-bond donors (Lipinski definition) is 2. The summed E-state index contributed by atoms with van der Waals surface area (Å²) in [6, 6.07) is 7.58. The van der Waals surface area contributed by atoms with Crippen molar-refractivity contribution in [1.82, 2.24) is 19.9 Å². The van der Waals surface area contributed by atoms with Gasteiger partial charge in [-0.05, 0) is 12.1 Å². The van der Waals surface area contributed by atoms with E-state index < -0.39 is 0 Å². The van der Waals surface area contributed by atoms with Gasteiger partial charge in [-0.1, -0.05) is 12.1 Å². The van der Waals surface area contributed by atoms with Gasteiger partial charge in [0.1, 0.15) is 0 Å². The van der Waals surface area contributed by atoms with E-state index in [-0.39, 0.29) is 0 Å². The minimum atomic E-state index is 0.452. The first kappa shape index (κ1) is 9.59. The second kappa shape index (κ2) is 3.75. The summed E-state index contributed by atoms with van der Waals surface area (Å²) in [6.07, 6.45) is 3.81. The number of aromatic nitrogens is 4. The van der Waals surface area contributed by atoms with Gasteiger partial charge in [-0.3, -0.25) is 4.79 Å². The van der Waals surface area contributed by atoms with Crippen LogP contribution in [0.15, 0.2) is 36.8 Å². The smallest absolute Gasteiger partial charge is 0.222 e. The van der Waals surface area contributed by atoms with Gasteiger partial charge in [0.05, 0.1) is 17.4 Å². The lowest BCUT2D eigenvalue weighted by molar-refractivity contribution is -0.106. The fourth-order valence-corrected chi connectivity index (χ4v) is 1.65. The maximum absolute atomic E-state index is 11.1. The van der Waals surface area contributed by atoms with Gasteiger partial charge in [0, 0.05) is 6.20 Å². The molecular formula is C11H9N5O. The van der Waals surface area contributed by atoms with Crippen molar-refractivity contribution in [3.8, 4) is 0 Å². The number of benzene rings is 1. The van der Waals surface area contributed by atoms with Gasteiger partial charge < -0.3 is 9.97 Å². The molecule has 0 saturated carbocycles. The van der Waals surface area contributed by atoms with E-state index in [4.69, 9.17) is 0 Å². The van der Waals surface area contributed by atoms with Crippen LogP contribution in [0.2, 0.25) is 0 Å². The third-order valence-corrected chi connectivity index (χ3v) is 2.44. The average molecular weight is 227 g/mol. The molecule has 0 radical (unpaired) electrons. The maximum atomic E-state index is 11.1. The van der Waals surface area contributed by atoms with E-state index >= 15 is 0 Å². The lowest BCUT2D eigenvalue weighted by Crippen LogP contribution is -2.15. The molecule has 0 aliphatic rings. The van der Waals surface area contributed by atoms with Gasteiger partial charge in [-0.15, -0.1) is 0 Å². The van der Waals surface area contributed by atoms with Crippen molar-refractivity contribution in [3.63, 3.8) is 0 Å². The molecule has 2 aromatic heterocycles. The lowest BCUT2D eigenvalue weighted by Gasteiger charge is -2.09. The summed E-state index contributed by atoms with van der Waals surface area (Å²) in [5.74, 6) is 0.951. The molecule has 0 fully saturated rings. The molecule has 0 atom stereocenters. The second-order valence-electron chi connectivity index (χ2n) is 3.48. The molecule has 0 bridgehead atoms. The number of imidazole rings is 2. The Balaban J connectivity index is 2.10. The van der Waals surface area contributed by atoms with Crippen LogP contribution in [0.25, 0.3) is 11.0 Å². The molecule has 0 aliphatic carbocycles. The highest BCUT2D eigenvalue weighted by Crippen LogP contribution is 2.21. The first-order chi connectivity index (χ1) is 8.38. The van der Waals surface area contributed by atoms with E-state index in [0.29, 0.717) is 18.2 Å². The Hall–Kier alpha value is -2.63. The van der Waals surface area contributed by atoms with Crippen molar-refractivity contribution in [2.45, 2.75) is 0 Å². The Morgan fingerprint density at radius 3 is 2.88 bits per heavy atom. The summed E-state index contributed by atoms with van der Waals surface area (Å²) in [4.78, 5) is 26.6. The zero-order valence-electron chi connectivity index (χ0n) is 8.79. The average Bonchev–Trinajstić information content (AvgIpc) is 2.98. The normalized spacial score (nSPS) is 10.6. The van der Waals surface area contributed by atoms with Crippen LogP contribution in [0, 0.1) is 0 Å². The number of H-pyrrole nitrogens is 2. The standard InChI is InChI=1S/C11H9N5O/c17-7-16(10-5-12-6-13-10)11-14-8-3-1-2-4-9(8)15-11/h1-7H,(H,12,13)(H,14,15). The number of fused-ring (bicyclic) bond motifs is 1. The molecule has 6 heteroatoms. The third kappa shape index (κ3) is 1.55. The number of nitrogens with one attached hydrogen (secondary N) is 2. The Morgan fingerprint density at radius 1 is 1.29 bits per heavy atom. The zero-order chi connectivity index (χ0) is 11.7. The molecule has 2 N–H and O–H groups in total. The van der Waals surface area contributed by atoms with Crippen LogP contribution in [-0.4, -0.2) is 26.3 Å². The SMILES string of the molecule is O=CN(c1c[nH]cn1)c1nc2ccccc2[nH]1. The minimum absolute atomic E-state index is 0.452. The van der Waals surface area contributed by atoms with E-state index in [1.54, 1.807) is 6.20 Å². The number of nitrogens with zero attached hydrogens (tertiary/aromatic N) is 3. The quantitative estimate of drug-likeness (QED) is 0.667. The monoisotopic (exact) mass is 227 g/mol. The van der Waals surface area contributed by atoms with Crippen LogP contribution in [0.5, 0.6) is 0 Å². The number of carbonyl (C=O) groups is 1. The molecular weight excluding hydrogens is 218 g/mol. The van der Waals surface area contributed by atoms with Crippen LogP contribution in [0.4, 0.5) is 11.8 Å². The van der Waals surface area contributed by atoms with Crippen molar-refractivity contribution < 1.29 is 4.79 Å². The molecule has 0 spiro atoms. The molecule has 84 valence electrons. The minimum Gasteiger partial charge on any atom is -0.349 e. The first-order valence-electron chi connectivity index (χ1n) is 5.06. The van der Waals surface area contributed by atoms with Gasteiger partial charge in [-0.2, -0.15) is 0 Å². The number of amides is 1. The van der Waals surface area contributed by atoms with Gasteiger partial charge in [0.15, 0.2) is 5.82 Å². The maximum Gasteiger partial charge on any atom is 0.222 e. The molecule has 0 saturated heterocycles. The predicted molar refractivity (Wildman–Crippen MR) is 62.9 cm³/mol. The Bertz CT molecular complexity index is 610. The number of para-hydroxylation sites is 2. The Kier molecular flexibility index (Phi) is 2.11. The van der Waals surface area contributed by atoms with Gasteiger partial charge in [0.25, 0.3) is 0 Å². The van der Waals surface area contributed by atoms with Crippen LogP contribution in [-0.2, 0) is 4.79 Å². The third-order valence-electron chi connectivity index (χ3n) is 2.44. The highest BCUT2D eigenvalue weighted by Gasteiger charge is 2.13. The van der Waals surface area contributed by atoms with Gasteiger partial charge in [0.2, 0.25) is 12.4 Å². The number of hydrogen-bond acceptors (Lipinski definition) is 3. The van der Waals surface area contributed by atoms with Crippen molar-refractivity contribution in [1.29, 1.82) is 0 Å². The fourth-order valence-electron chi connectivity index (χ4n) is 1.65. The number of anilines is 2. The van der Waals surface area contributed by atoms with Crippen molar-refractivity contribution in [2.24, 2.45) is 0 Å². The molecule has 2 heterocycles. The van der Waals surface area contributed by atoms with Crippen LogP contribution in [0.3, 0.4) is 0 Å². The summed E-state index contributed by atoms with van der Waals surface area (Å²) in [7, 11) is 0. The lowest BCUT2D eigenvalue weighted by atomic mass is 10.3. The van der Waals surface area contributed by atoms with Crippen LogP contribution in [0.1, 0.15) is 0 Å². The fraction of sp³-hybridized carbons (Fsp3) is 0. The van der Waals surface area contributed by atoms with Crippen molar-refractivity contribution in [2.75, 3.05) is 4.90 Å². The molecule has 3 rings (SSSR count). The van der Waals surface area contributed by atoms with E-state index in [0.717, 1.165) is 11.0 Å². The summed E-state index contributed by atoms with van der Waals surface area (Å²) in [6.45, 7) is 0. The summed E-state index contributed by atoms with van der Waals surface area (Å²) < 4.78 is 0. The summed E-state index contributed by atoms with van der Waals surface area (Å²) in [5, 5.41) is 0. The van der Waals surface area contributed by atoms with Gasteiger partial charge in [-0.25, -0.2) is 14.9 Å². The first-order valence-corrected chi connectivity index (χ1v) is 5.06. The van der Waals surface area contributed by atoms with E-state index in [2.05, 4.69) is 19.9 Å². The second-order valence-corrected chi connectivity index (χ2v) is 3.48. The molecule has 17 heavy (non-hydrogen) atoms. The van der Waals surface area contributed by atoms with Crippen molar-refractivity contribution >= 4 is 29.2 Å². The number of aromatic amines is 2. The highest BCUT2D eigenvalue weighted by molar-refractivity contribution is 5.86. The summed E-state index contributed by atoms with van der Waals surface area (Å²) in [5.41, 5.74) is 1.69. The summed E-state index contributed by atoms with van der Waals surface area (Å²) >= 11 is 0. The molecule has 3 aromatic rings.